The van der Waals surface area contributed by atoms with E-state index < -0.39 is 13.4 Å². The summed E-state index contributed by atoms with van der Waals surface area (Å²) in [5.41, 5.74) is 2.48. The zero-order valence-corrected chi connectivity index (χ0v) is 15.2. The average Bonchev–Trinajstić information content (AvgIpc) is 2.94. The van der Waals surface area contributed by atoms with Gasteiger partial charge in [0.15, 0.2) is 8.15 Å². The van der Waals surface area contributed by atoms with Crippen LogP contribution in [0, 0.1) is 0 Å². The van der Waals surface area contributed by atoms with Crippen LogP contribution in [0.15, 0.2) is 72.8 Å². The van der Waals surface area contributed by atoms with Gasteiger partial charge in [-0.1, -0.05) is 60.1 Å². The minimum atomic E-state index is -1.36. The molecule has 2 N–H and O–H groups in total. The van der Waals surface area contributed by atoms with Crippen LogP contribution < -0.4 is 20.5 Å². The van der Waals surface area contributed by atoms with Crippen molar-refractivity contribution < 1.29 is 9.32 Å². The zero-order chi connectivity index (χ0) is 17.7. The largest absolute Gasteiger partial charge is 0.464 e. The molecular formula is C20H14ClN2O2P. The molecule has 128 valence electrons. The molecule has 4 nitrogen and oxygen atoms in total. The molecule has 2 heterocycles. The lowest BCUT2D eigenvalue weighted by atomic mass is 10.1. The van der Waals surface area contributed by atoms with E-state index in [0.717, 1.165) is 22.2 Å². The van der Waals surface area contributed by atoms with Gasteiger partial charge in [0.25, 0.3) is 5.91 Å². The highest BCUT2D eigenvalue weighted by atomic mass is 35.5. The van der Waals surface area contributed by atoms with E-state index in [1.165, 1.54) is 0 Å². The number of para-hydroxylation sites is 1. The van der Waals surface area contributed by atoms with Gasteiger partial charge >= 0.3 is 0 Å². The first-order chi connectivity index (χ1) is 12.7. The Morgan fingerprint density at radius 3 is 2.54 bits per heavy atom. The summed E-state index contributed by atoms with van der Waals surface area (Å²) in [5.74, 6) is 0.560. The topological polar surface area (TPSA) is 50.4 Å². The molecule has 0 saturated carbocycles. The SMILES string of the molecule is O=C1Nc2ccccc2C12Nc1ccc(Cl)cc1OP2c1ccccc1. The molecule has 6 heteroatoms. The fourth-order valence-electron chi connectivity index (χ4n) is 3.47. The number of halogens is 1. The summed E-state index contributed by atoms with van der Waals surface area (Å²) in [6.07, 6.45) is 0. The van der Waals surface area contributed by atoms with E-state index in [-0.39, 0.29) is 5.91 Å². The summed E-state index contributed by atoms with van der Waals surface area (Å²) < 4.78 is 6.42. The molecule has 0 aliphatic carbocycles. The van der Waals surface area contributed by atoms with Gasteiger partial charge in [0.2, 0.25) is 5.28 Å². The first-order valence-corrected chi connectivity index (χ1v) is 9.84. The predicted molar refractivity (Wildman–Crippen MR) is 105 cm³/mol. The van der Waals surface area contributed by atoms with Crippen LogP contribution in [0.1, 0.15) is 5.56 Å². The van der Waals surface area contributed by atoms with Crippen LogP contribution in [0.3, 0.4) is 0 Å². The van der Waals surface area contributed by atoms with Gasteiger partial charge in [0, 0.05) is 27.6 Å². The third kappa shape index (κ3) is 2.16. The van der Waals surface area contributed by atoms with Crippen LogP contribution in [0.5, 0.6) is 5.75 Å². The normalized spacial score (nSPS) is 22.8. The Morgan fingerprint density at radius 2 is 1.69 bits per heavy atom. The standard InChI is InChI=1S/C20H14ClN2O2P/c21-13-10-11-17-18(12-13)25-26(14-6-2-1-3-7-14)20(23-17)15-8-4-5-9-16(15)22-19(20)24/h1-12,23H,(H,22,24). The first kappa shape index (κ1) is 15.7. The molecule has 0 fully saturated rings. The van der Waals surface area contributed by atoms with E-state index in [2.05, 4.69) is 10.6 Å². The Labute approximate surface area is 157 Å². The maximum Gasteiger partial charge on any atom is 0.263 e. The number of fused-ring (bicyclic) bond motifs is 3. The molecule has 2 atom stereocenters. The molecule has 26 heavy (non-hydrogen) atoms. The third-order valence-electron chi connectivity index (χ3n) is 4.64. The molecule has 0 aromatic heterocycles. The van der Waals surface area contributed by atoms with Crippen molar-refractivity contribution in [2.45, 2.75) is 5.28 Å². The van der Waals surface area contributed by atoms with Crippen LogP contribution in [0.25, 0.3) is 0 Å². The van der Waals surface area contributed by atoms with Gasteiger partial charge in [-0.05, 0) is 18.2 Å². The molecule has 0 saturated heterocycles. The second-order valence-electron chi connectivity index (χ2n) is 6.20. The lowest BCUT2D eigenvalue weighted by Gasteiger charge is -2.41. The number of carbonyl (C=O) groups is 1. The predicted octanol–water partition coefficient (Wildman–Crippen LogP) is 4.67. The molecule has 3 aromatic rings. The van der Waals surface area contributed by atoms with Gasteiger partial charge in [-0.15, -0.1) is 0 Å². The monoisotopic (exact) mass is 380 g/mol. The summed E-state index contributed by atoms with van der Waals surface area (Å²) in [4.78, 5) is 13.2. The van der Waals surface area contributed by atoms with Crippen molar-refractivity contribution in [3.8, 4) is 5.75 Å². The summed E-state index contributed by atoms with van der Waals surface area (Å²) in [6.45, 7) is 0. The van der Waals surface area contributed by atoms with Crippen molar-refractivity contribution >= 4 is 42.3 Å². The Morgan fingerprint density at radius 1 is 0.923 bits per heavy atom. The summed E-state index contributed by atoms with van der Waals surface area (Å²) in [7, 11) is -1.36. The third-order valence-corrected chi connectivity index (χ3v) is 7.18. The van der Waals surface area contributed by atoms with Gasteiger partial charge in [0.05, 0.1) is 5.69 Å². The molecule has 5 rings (SSSR count). The highest BCUT2D eigenvalue weighted by Gasteiger charge is 2.57. The number of benzene rings is 3. The van der Waals surface area contributed by atoms with Crippen molar-refractivity contribution in [2.75, 3.05) is 10.6 Å². The second-order valence-corrected chi connectivity index (χ2v) is 8.59. The molecule has 3 aromatic carbocycles. The maximum absolute atomic E-state index is 13.2. The molecule has 2 aliphatic heterocycles. The van der Waals surface area contributed by atoms with Crippen LogP contribution in [0.4, 0.5) is 11.4 Å². The summed E-state index contributed by atoms with van der Waals surface area (Å²) in [5, 5.41) is 7.09. The number of anilines is 2. The highest BCUT2D eigenvalue weighted by molar-refractivity contribution is 7.63. The number of hydrogen-bond acceptors (Lipinski definition) is 3. The Balaban J connectivity index is 1.76. The molecule has 2 aliphatic rings. The Hall–Kier alpha value is -2.55. The smallest absolute Gasteiger partial charge is 0.263 e. The van der Waals surface area contributed by atoms with Crippen LogP contribution in [0.2, 0.25) is 5.02 Å². The zero-order valence-electron chi connectivity index (χ0n) is 13.6. The van der Waals surface area contributed by atoms with Crippen LogP contribution in [-0.2, 0) is 10.1 Å². The van der Waals surface area contributed by atoms with Crippen LogP contribution in [-0.4, -0.2) is 5.91 Å². The fraction of sp³-hybridized carbons (Fsp3) is 0.0500. The van der Waals surface area contributed by atoms with Gasteiger partial charge in [-0.25, -0.2) is 0 Å². The van der Waals surface area contributed by atoms with Gasteiger partial charge in [0.1, 0.15) is 5.75 Å². The lowest BCUT2D eigenvalue weighted by Crippen LogP contribution is -2.45. The number of rotatable bonds is 1. The highest BCUT2D eigenvalue weighted by Crippen LogP contribution is 2.64. The van der Waals surface area contributed by atoms with E-state index in [9.17, 15) is 4.79 Å². The Kier molecular flexibility index (Phi) is 3.46. The van der Waals surface area contributed by atoms with Crippen molar-refractivity contribution in [1.29, 1.82) is 0 Å². The first-order valence-electron chi connectivity index (χ1n) is 8.20. The number of nitrogens with one attached hydrogen (secondary N) is 2. The van der Waals surface area contributed by atoms with Gasteiger partial charge in [-0.3, -0.25) is 4.79 Å². The summed E-state index contributed by atoms with van der Waals surface area (Å²) >= 11 is 6.15. The quantitative estimate of drug-likeness (QED) is 0.603. The molecule has 0 radical (unpaired) electrons. The maximum atomic E-state index is 13.2. The Bertz CT molecular complexity index is 1030. The second kappa shape index (κ2) is 5.73. The van der Waals surface area contributed by atoms with E-state index in [0.29, 0.717) is 10.8 Å². The van der Waals surface area contributed by atoms with Crippen LogP contribution >= 0.6 is 19.7 Å². The minimum Gasteiger partial charge on any atom is -0.464 e. The molecule has 2 unspecified atom stereocenters. The molecule has 0 bridgehead atoms. The number of hydrogen-bond donors (Lipinski definition) is 2. The van der Waals surface area contributed by atoms with E-state index in [1.807, 2.05) is 60.7 Å². The van der Waals surface area contributed by atoms with E-state index in [1.54, 1.807) is 12.1 Å². The van der Waals surface area contributed by atoms with Crippen molar-refractivity contribution in [1.82, 2.24) is 0 Å². The molecular weight excluding hydrogens is 367 g/mol. The number of amides is 1. The minimum absolute atomic E-state index is 0.103. The fourth-order valence-corrected chi connectivity index (χ4v) is 5.92. The van der Waals surface area contributed by atoms with Crippen molar-refractivity contribution in [3.05, 3.63) is 83.4 Å². The van der Waals surface area contributed by atoms with Gasteiger partial charge < -0.3 is 15.2 Å². The summed E-state index contributed by atoms with van der Waals surface area (Å²) in [6, 6.07) is 23.1. The van der Waals surface area contributed by atoms with E-state index >= 15 is 0 Å². The van der Waals surface area contributed by atoms with Crippen molar-refractivity contribution in [2.24, 2.45) is 0 Å². The average molecular weight is 381 g/mol. The lowest BCUT2D eigenvalue weighted by molar-refractivity contribution is -0.117. The van der Waals surface area contributed by atoms with Gasteiger partial charge in [-0.2, -0.15) is 0 Å². The molecule has 1 spiro atoms. The molecule has 1 amide bonds. The van der Waals surface area contributed by atoms with Crippen molar-refractivity contribution in [3.63, 3.8) is 0 Å². The van der Waals surface area contributed by atoms with E-state index in [4.69, 9.17) is 16.1 Å². The number of carbonyl (C=O) groups excluding carboxylic acids is 1.